The van der Waals surface area contributed by atoms with Crippen molar-refractivity contribution in [1.29, 1.82) is 0 Å². The van der Waals surface area contributed by atoms with Gasteiger partial charge in [-0.15, -0.1) is 0 Å². The summed E-state index contributed by atoms with van der Waals surface area (Å²) in [6.07, 6.45) is 6.22. The summed E-state index contributed by atoms with van der Waals surface area (Å²) in [7, 11) is 0. The van der Waals surface area contributed by atoms with Crippen molar-refractivity contribution < 1.29 is 19.4 Å². The summed E-state index contributed by atoms with van der Waals surface area (Å²) in [4.78, 5) is 23.4. The zero-order valence-electron chi connectivity index (χ0n) is 14.3. The minimum Gasteiger partial charge on any atom is -0.494 e. The van der Waals surface area contributed by atoms with Crippen LogP contribution in [0.2, 0.25) is 0 Å². The van der Waals surface area contributed by atoms with Gasteiger partial charge in [0.15, 0.2) is 5.78 Å². The van der Waals surface area contributed by atoms with E-state index >= 15 is 0 Å². The van der Waals surface area contributed by atoms with Crippen molar-refractivity contribution in [2.45, 2.75) is 26.2 Å². The maximum atomic E-state index is 12.2. The van der Waals surface area contributed by atoms with Crippen LogP contribution in [0, 0.1) is 0 Å². The summed E-state index contributed by atoms with van der Waals surface area (Å²) in [5.41, 5.74) is 1.20. The predicted octanol–water partition coefficient (Wildman–Crippen LogP) is 4.85. The fourth-order valence-corrected chi connectivity index (χ4v) is 2.36. The summed E-state index contributed by atoms with van der Waals surface area (Å²) >= 11 is 0. The van der Waals surface area contributed by atoms with Gasteiger partial charge in [-0.25, -0.2) is 4.79 Å². The Bertz CT molecular complexity index is 745. The van der Waals surface area contributed by atoms with E-state index in [1.807, 2.05) is 0 Å². The molecule has 0 radical (unpaired) electrons. The molecule has 0 bridgehead atoms. The van der Waals surface area contributed by atoms with E-state index in [-0.39, 0.29) is 11.3 Å². The molecule has 0 saturated carbocycles. The van der Waals surface area contributed by atoms with Gasteiger partial charge < -0.3 is 9.84 Å². The van der Waals surface area contributed by atoms with Crippen molar-refractivity contribution in [3.8, 4) is 5.75 Å². The smallest absolute Gasteiger partial charge is 0.336 e. The lowest BCUT2D eigenvalue weighted by Gasteiger charge is -2.06. The van der Waals surface area contributed by atoms with E-state index in [1.54, 1.807) is 42.5 Å². The van der Waals surface area contributed by atoms with Gasteiger partial charge in [-0.3, -0.25) is 4.79 Å². The molecule has 0 aromatic heterocycles. The van der Waals surface area contributed by atoms with Gasteiger partial charge >= 0.3 is 5.97 Å². The number of aromatic carboxylic acids is 1. The first-order valence-electron chi connectivity index (χ1n) is 8.39. The highest BCUT2D eigenvalue weighted by Crippen LogP contribution is 2.15. The van der Waals surface area contributed by atoms with Gasteiger partial charge in [0.25, 0.3) is 0 Å². The van der Waals surface area contributed by atoms with Crippen LogP contribution < -0.4 is 4.74 Å². The van der Waals surface area contributed by atoms with E-state index in [9.17, 15) is 9.59 Å². The molecular formula is C21H22O4. The van der Waals surface area contributed by atoms with Crippen LogP contribution in [-0.4, -0.2) is 23.5 Å². The minimum atomic E-state index is -1.02. The number of carboxylic acid groups (broad SMARTS) is 1. The molecule has 2 aromatic rings. The largest absolute Gasteiger partial charge is 0.494 e. The van der Waals surface area contributed by atoms with Gasteiger partial charge in [0.1, 0.15) is 5.75 Å². The van der Waals surface area contributed by atoms with E-state index in [4.69, 9.17) is 9.84 Å². The number of carbonyl (C=O) groups is 2. The Hall–Kier alpha value is -2.88. The van der Waals surface area contributed by atoms with Gasteiger partial charge in [0, 0.05) is 5.56 Å². The quantitative estimate of drug-likeness (QED) is 0.403. The van der Waals surface area contributed by atoms with Crippen LogP contribution in [0.25, 0.3) is 6.08 Å². The van der Waals surface area contributed by atoms with E-state index in [0.29, 0.717) is 17.7 Å². The number of ether oxygens (including phenoxy) is 1. The van der Waals surface area contributed by atoms with Gasteiger partial charge in [0.05, 0.1) is 12.2 Å². The fourth-order valence-electron chi connectivity index (χ4n) is 2.36. The highest BCUT2D eigenvalue weighted by atomic mass is 16.5. The van der Waals surface area contributed by atoms with Crippen LogP contribution in [0.5, 0.6) is 5.75 Å². The Morgan fingerprint density at radius 3 is 2.44 bits per heavy atom. The van der Waals surface area contributed by atoms with E-state index in [0.717, 1.165) is 25.0 Å². The van der Waals surface area contributed by atoms with Gasteiger partial charge in [-0.2, -0.15) is 0 Å². The third kappa shape index (κ3) is 5.60. The maximum Gasteiger partial charge on any atom is 0.336 e. The fraction of sp³-hybridized carbons (Fsp3) is 0.238. The first-order chi connectivity index (χ1) is 12.1. The third-order valence-corrected chi connectivity index (χ3v) is 3.76. The first-order valence-corrected chi connectivity index (χ1v) is 8.39. The molecule has 0 spiro atoms. The monoisotopic (exact) mass is 338 g/mol. The number of carbonyl (C=O) groups excluding carboxylic acids is 1. The Kier molecular flexibility index (Phi) is 6.96. The highest BCUT2D eigenvalue weighted by molar-refractivity contribution is 6.07. The first kappa shape index (κ1) is 18.5. The molecule has 25 heavy (non-hydrogen) atoms. The minimum absolute atomic E-state index is 0.169. The summed E-state index contributed by atoms with van der Waals surface area (Å²) < 4.78 is 5.62. The number of hydrogen-bond donors (Lipinski definition) is 1. The average Bonchev–Trinajstić information content (AvgIpc) is 2.64. The van der Waals surface area contributed by atoms with Crippen LogP contribution in [-0.2, 0) is 0 Å². The summed E-state index contributed by atoms with van der Waals surface area (Å²) in [6.45, 7) is 2.82. The van der Waals surface area contributed by atoms with Crippen molar-refractivity contribution in [2.24, 2.45) is 0 Å². The van der Waals surface area contributed by atoms with Crippen LogP contribution in [0.3, 0.4) is 0 Å². The van der Waals surface area contributed by atoms with Crippen LogP contribution in [0.15, 0.2) is 54.6 Å². The molecule has 2 aromatic carbocycles. The molecule has 1 N–H and O–H groups in total. The molecule has 130 valence electrons. The molecule has 4 nitrogen and oxygen atoms in total. The lowest BCUT2D eigenvalue weighted by Crippen LogP contribution is -2.00. The summed E-state index contributed by atoms with van der Waals surface area (Å²) in [5, 5.41) is 9.15. The van der Waals surface area contributed by atoms with Crippen molar-refractivity contribution >= 4 is 17.8 Å². The number of rotatable bonds is 9. The number of carboxylic acids is 1. The second-order valence-electron chi connectivity index (χ2n) is 5.67. The molecule has 0 aliphatic heterocycles. The second-order valence-corrected chi connectivity index (χ2v) is 5.67. The molecule has 0 saturated heterocycles. The van der Waals surface area contributed by atoms with Crippen LogP contribution in [0.4, 0.5) is 0 Å². The molecular weight excluding hydrogens is 316 g/mol. The normalized spacial score (nSPS) is 10.8. The molecule has 0 unspecified atom stereocenters. The van der Waals surface area contributed by atoms with Gasteiger partial charge in [0.2, 0.25) is 0 Å². The molecule has 0 amide bonds. The Labute approximate surface area is 147 Å². The van der Waals surface area contributed by atoms with Gasteiger partial charge in [-0.1, -0.05) is 44.0 Å². The van der Waals surface area contributed by atoms with Crippen molar-refractivity contribution in [3.63, 3.8) is 0 Å². The zero-order valence-corrected chi connectivity index (χ0v) is 14.3. The predicted molar refractivity (Wildman–Crippen MR) is 98.2 cm³/mol. The summed E-state index contributed by atoms with van der Waals surface area (Å²) in [5.74, 6) is -0.456. The number of ketones is 1. The molecule has 0 atom stereocenters. The third-order valence-electron chi connectivity index (χ3n) is 3.76. The second kappa shape index (κ2) is 9.42. The maximum absolute atomic E-state index is 12.2. The molecule has 0 fully saturated rings. The van der Waals surface area contributed by atoms with Crippen molar-refractivity contribution in [3.05, 3.63) is 71.3 Å². The molecule has 4 heteroatoms. The van der Waals surface area contributed by atoms with E-state index in [2.05, 4.69) is 6.92 Å². The summed E-state index contributed by atoms with van der Waals surface area (Å²) in [6, 6.07) is 13.5. The van der Waals surface area contributed by atoms with Crippen LogP contribution in [0.1, 0.15) is 52.5 Å². The van der Waals surface area contributed by atoms with Crippen molar-refractivity contribution in [1.82, 2.24) is 0 Å². The lowest BCUT2D eigenvalue weighted by atomic mass is 10.1. The van der Waals surface area contributed by atoms with E-state index in [1.165, 1.54) is 18.2 Å². The highest BCUT2D eigenvalue weighted by Gasteiger charge is 2.07. The topological polar surface area (TPSA) is 63.6 Å². The number of benzene rings is 2. The number of allylic oxidation sites excluding steroid dienone is 1. The Balaban J connectivity index is 2.00. The average molecular weight is 338 g/mol. The Morgan fingerprint density at radius 1 is 1.04 bits per heavy atom. The standard InChI is InChI=1S/C21H22O4/c1-2-3-6-15-25-18-12-9-17(10-13-18)20(22)14-11-16-7-4-5-8-19(16)21(23)24/h4-5,7-14H,2-3,6,15H2,1H3,(H,23,24). The Morgan fingerprint density at radius 2 is 1.76 bits per heavy atom. The van der Waals surface area contributed by atoms with Gasteiger partial charge in [-0.05, 0) is 48.4 Å². The van der Waals surface area contributed by atoms with Crippen LogP contribution >= 0.6 is 0 Å². The molecule has 0 aliphatic carbocycles. The molecule has 2 rings (SSSR count). The van der Waals surface area contributed by atoms with E-state index < -0.39 is 5.97 Å². The molecule has 0 aliphatic rings. The zero-order chi connectivity index (χ0) is 18.1. The lowest BCUT2D eigenvalue weighted by molar-refractivity contribution is 0.0696. The number of unbranched alkanes of at least 4 members (excludes halogenated alkanes) is 2. The molecule has 0 heterocycles. The van der Waals surface area contributed by atoms with Crippen molar-refractivity contribution in [2.75, 3.05) is 6.61 Å². The SMILES string of the molecule is CCCCCOc1ccc(C(=O)C=Cc2ccccc2C(=O)O)cc1. The number of hydrogen-bond acceptors (Lipinski definition) is 3.